The van der Waals surface area contributed by atoms with Crippen LogP contribution in [0.15, 0.2) is 60.3 Å². The lowest BCUT2D eigenvalue weighted by Gasteiger charge is -2.38. The molecular formula is C48H59F3N6O10S2. The van der Waals surface area contributed by atoms with E-state index in [0.29, 0.717) is 55.0 Å². The number of hydrogen-bond donors (Lipinski definition) is 3. The number of pyridine rings is 1. The van der Waals surface area contributed by atoms with E-state index in [2.05, 4.69) is 20.3 Å². The summed E-state index contributed by atoms with van der Waals surface area (Å²) in [5, 5.41) is 5.31. The van der Waals surface area contributed by atoms with Crippen molar-refractivity contribution in [3.05, 3.63) is 60.3 Å². The number of sulfonamides is 1. The third-order valence-electron chi connectivity index (χ3n) is 13.8. The largest absolute Gasteiger partial charge is 0.491 e. The molecule has 8 rings (SSSR count). The van der Waals surface area contributed by atoms with Crippen molar-refractivity contribution in [2.24, 2.45) is 17.8 Å². The van der Waals surface area contributed by atoms with Gasteiger partial charge < -0.3 is 34.5 Å². The lowest BCUT2D eigenvalue weighted by atomic mass is 9.88. The number of nitrogens with one attached hydrogen (secondary N) is 3. The lowest BCUT2D eigenvalue weighted by molar-refractivity contribution is -0.285. The van der Waals surface area contributed by atoms with Crippen molar-refractivity contribution in [2.45, 2.75) is 139 Å². The highest BCUT2D eigenvalue weighted by molar-refractivity contribution is 7.91. The normalized spacial score (nSPS) is 29.8. The molecule has 69 heavy (non-hydrogen) atoms. The highest BCUT2D eigenvalue weighted by atomic mass is 32.2. The van der Waals surface area contributed by atoms with Crippen LogP contribution in [0.5, 0.6) is 11.5 Å². The van der Waals surface area contributed by atoms with Crippen LogP contribution in [0.4, 0.5) is 18.0 Å². The first-order chi connectivity index (χ1) is 32.6. The number of aromatic nitrogens is 2. The molecule has 2 aromatic heterocycles. The van der Waals surface area contributed by atoms with E-state index in [4.69, 9.17) is 23.9 Å². The van der Waals surface area contributed by atoms with Crippen molar-refractivity contribution in [1.82, 2.24) is 30.2 Å². The zero-order valence-electron chi connectivity index (χ0n) is 39.2. The SMILES string of the molecule is CC(C)Oc1ccc(-c2cc(O[C@@H]3C[C@H]4C(=O)N[C@]5(C(=O)NS(=O)(=O)C6(C)CC6)C[C@H]5/C=C\CC[C@H](C)C[C@@H](C)C(NC(=O)OC5(C(F)(F)F)CCCOC5)C(=O)N4C3)cc(-c3cncs3)n2)cc1. The smallest absolute Gasteiger partial charge is 0.430 e. The second-order valence-electron chi connectivity index (χ2n) is 19.8. The fraction of sp³-hybridized carbons (Fsp3) is 0.583. The fourth-order valence-corrected chi connectivity index (χ4v) is 11.3. The van der Waals surface area contributed by atoms with Gasteiger partial charge in [0.15, 0.2) is 0 Å². The minimum absolute atomic E-state index is 0.0146. The molecule has 4 fully saturated rings. The third kappa shape index (κ3) is 10.9. The molecule has 374 valence electrons. The Morgan fingerprint density at radius 1 is 1.04 bits per heavy atom. The van der Waals surface area contributed by atoms with Crippen molar-refractivity contribution in [2.75, 3.05) is 19.8 Å². The number of carbonyl (C=O) groups is 4. The number of amides is 4. The Morgan fingerprint density at radius 3 is 2.43 bits per heavy atom. The van der Waals surface area contributed by atoms with Gasteiger partial charge >= 0.3 is 12.3 Å². The molecule has 4 amide bonds. The Hall–Kier alpha value is -5.28. The Kier molecular flexibility index (Phi) is 14.2. The van der Waals surface area contributed by atoms with E-state index in [0.717, 1.165) is 10.4 Å². The minimum atomic E-state index is -4.98. The number of carbonyl (C=O) groups excluding carboxylic acids is 4. The van der Waals surface area contributed by atoms with E-state index in [-0.39, 0.29) is 44.4 Å². The zero-order chi connectivity index (χ0) is 49.5. The number of fused-ring (bicyclic) bond motifs is 2. The van der Waals surface area contributed by atoms with E-state index < -0.39 is 99.0 Å². The third-order valence-corrected chi connectivity index (χ3v) is 16.8. The van der Waals surface area contributed by atoms with Crippen LogP contribution in [0.2, 0.25) is 0 Å². The number of alkyl halides is 3. The zero-order valence-corrected chi connectivity index (χ0v) is 40.8. The summed E-state index contributed by atoms with van der Waals surface area (Å²) in [7, 11) is -4.11. The average Bonchev–Trinajstić information content (AvgIpc) is 4.04. The molecule has 21 heteroatoms. The number of nitrogens with zero attached hydrogens (tertiary/aromatic N) is 3. The van der Waals surface area contributed by atoms with Gasteiger partial charge in [0, 0.05) is 49.3 Å². The maximum atomic E-state index is 15.2. The molecule has 0 radical (unpaired) electrons. The molecule has 0 spiro atoms. The molecular weight excluding hydrogens is 942 g/mol. The number of halogens is 3. The first-order valence-corrected chi connectivity index (χ1v) is 25.8. The van der Waals surface area contributed by atoms with Gasteiger partial charge in [-0.2, -0.15) is 13.2 Å². The number of allylic oxidation sites excluding steroid dienone is 1. The van der Waals surface area contributed by atoms with Gasteiger partial charge in [0.2, 0.25) is 27.4 Å². The first-order valence-electron chi connectivity index (χ1n) is 23.5. The average molecular weight is 1000 g/mol. The van der Waals surface area contributed by atoms with E-state index >= 15 is 4.79 Å². The summed E-state index contributed by atoms with van der Waals surface area (Å²) in [6, 6.07) is 7.96. The molecule has 16 nitrogen and oxygen atoms in total. The van der Waals surface area contributed by atoms with Crippen LogP contribution in [-0.2, 0) is 33.9 Å². The molecule has 5 aliphatic rings. The maximum absolute atomic E-state index is 15.2. The van der Waals surface area contributed by atoms with Crippen molar-refractivity contribution >= 4 is 45.2 Å². The maximum Gasteiger partial charge on any atom is 0.430 e. The summed E-state index contributed by atoms with van der Waals surface area (Å²) in [6.45, 7) is 7.96. The van der Waals surface area contributed by atoms with Crippen molar-refractivity contribution in [3.63, 3.8) is 0 Å². The number of ether oxygens (including phenoxy) is 4. The van der Waals surface area contributed by atoms with Gasteiger partial charge in [-0.3, -0.25) is 24.1 Å². The van der Waals surface area contributed by atoms with Crippen molar-refractivity contribution in [1.29, 1.82) is 0 Å². The number of rotatable bonds is 11. The van der Waals surface area contributed by atoms with Crippen molar-refractivity contribution in [3.8, 4) is 33.3 Å². The minimum Gasteiger partial charge on any atom is -0.491 e. The molecule has 1 aromatic carbocycles. The molecule has 3 N–H and O–H groups in total. The molecule has 0 bridgehead atoms. The summed E-state index contributed by atoms with van der Waals surface area (Å²) in [6.07, 6.45) is -0.440. The van der Waals surface area contributed by atoms with Crippen LogP contribution in [0, 0.1) is 17.8 Å². The number of thiazole rings is 1. The van der Waals surface area contributed by atoms with Crippen LogP contribution in [-0.4, -0.2) is 113 Å². The summed E-state index contributed by atoms with van der Waals surface area (Å²) in [5.74, 6) is -2.78. The predicted octanol–water partition coefficient (Wildman–Crippen LogP) is 7.10. The fourth-order valence-electron chi connectivity index (χ4n) is 9.42. The highest BCUT2D eigenvalue weighted by Gasteiger charge is 2.63. The second kappa shape index (κ2) is 19.5. The quantitative estimate of drug-likeness (QED) is 0.165. The van der Waals surface area contributed by atoms with E-state index in [9.17, 15) is 36.0 Å². The molecule has 5 heterocycles. The molecule has 3 aliphatic heterocycles. The second-order valence-corrected chi connectivity index (χ2v) is 22.8. The lowest BCUT2D eigenvalue weighted by Crippen LogP contribution is -2.60. The number of alkyl carbamates (subject to hydrolysis) is 1. The van der Waals surface area contributed by atoms with Gasteiger partial charge in [0.05, 0.1) is 45.8 Å². The number of benzene rings is 1. The van der Waals surface area contributed by atoms with E-state index in [1.807, 2.05) is 51.1 Å². The van der Waals surface area contributed by atoms with E-state index in [1.54, 1.807) is 43.8 Å². The molecule has 2 saturated heterocycles. The molecule has 2 unspecified atom stereocenters. The molecule has 2 aliphatic carbocycles. The highest BCUT2D eigenvalue weighted by Crippen LogP contribution is 2.48. The Bertz CT molecular complexity index is 2530. The van der Waals surface area contributed by atoms with Crippen LogP contribution in [0.1, 0.15) is 92.4 Å². The van der Waals surface area contributed by atoms with Gasteiger partial charge in [0.1, 0.15) is 35.2 Å². The summed E-state index contributed by atoms with van der Waals surface area (Å²) >= 11 is 1.36. The molecule has 3 aromatic rings. The first kappa shape index (κ1) is 50.1. The van der Waals surface area contributed by atoms with Gasteiger partial charge in [-0.1, -0.05) is 26.0 Å². The standard InChI is InChI=1S/C48H59F3N6O10S2/c1-28(2)65-33-13-11-31(12-14-33)36-20-34(21-37(53-36)39-24-52-27-68-39)66-35-22-38-41(58)55-47(43(60)56-69(62,63)45(5)16-17-45)23-32(47)10-7-6-9-29(3)19-30(4)40(42(59)57(38)25-35)54-44(61)67-46(48(49,50)51)15-8-18-64-26-46/h7,10-14,20-21,24,27-30,32,35,38,40H,6,8-9,15-19,22-23,25-26H2,1-5H3,(H,54,61)(H,55,58)(H,56,60)/b10-7-/t29-,30+,32+,35+,38-,40?,46?,47+/m0/s1. The summed E-state index contributed by atoms with van der Waals surface area (Å²) in [4.78, 5) is 68.9. The number of hydrogen-bond acceptors (Lipinski definition) is 13. The Labute approximate surface area is 403 Å². The van der Waals surface area contributed by atoms with E-state index in [1.165, 1.54) is 16.2 Å². The monoisotopic (exact) mass is 1000 g/mol. The summed E-state index contributed by atoms with van der Waals surface area (Å²) < 4.78 is 94.3. The van der Waals surface area contributed by atoms with Crippen LogP contribution < -0.4 is 24.8 Å². The van der Waals surface area contributed by atoms with Crippen LogP contribution in [0.3, 0.4) is 0 Å². The van der Waals surface area contributed by atoms with Gasteiger partial charge in [-0.15, -0.1) is 11.3 Å². The Balaban J connectivity index is 1.14. The van der Waals surface area contributed by atoms with Gasteiger partial charge in [-0.25, -0.2) is 18.2 Å². The van der Waals surface area contributed by atoms with Crippen molar-refractivity contribution < 1.29 is 59.7 Å². The van der Waals surface area contributed by atoms with Crippen LogP contribution >= 0.6 is 11.3 Å². The molecule has 2 saturated carbocycles. The summed E-state index contributed by atoms with van der Waals surface area (Å²) in [5.41, 5.74) is -1.14. The molecule has 8 atom stereocenters. The van der Waals surface area contributed by atoms with Crippen LogP contribution in [0.25, 0.3) is 21.8 Å². The van der Waals surface area contributed by atoms with Gasteiger partial charge in [0.25, 0.3) is 5.91 Å². The van der Waals surface area contributed by atoms with Gasteiger partial charge in [-0.05, 0) is 102 Å². The predicted molar refractivity (Wildman–Crippen MR) is 248 cm³/mol. The topological polar surface area (TPSA) is 204 Å². The Morgan fingerprint density at radius 2 is 1.78 bits per heavy atom.